The minimum absolute atomic E-state index is 0.339. The van der Waals surface area contributed by atoms with E-state index in [0.717, 1.165) is 0 Å². The van der Waals surface area contributed by atoms with E-state index >= 15 is 0 Å². The zero-order valence-corrected chi connectivity index (χ0v) is 6.63. The molecule has 0 aliphatic rings. The first-order valence-corrected chi connectivity index (χ1v) is 3.30. The van der Waals surface area contributed by atoms with Gasteiger partial charge < -0.3 is 4.74 Å². The highest BCUT2D eigenvalue weighted by Gasteiger charge is 2.02. The van der Waals surface area contributed by atoms with Crippen LogP contribution in [-0.4, -0.2) is 17.3 Å². The Hall–Kier alpha value is -1.09. The molecule has 0 aromatic carbocycles. The Balaban J connectivity index is 3.01. The molecule has 0 saturated heterocycles. The van der Waals surface area contributed by atoms with Crippen molar-refractivity contribution in [2.75, 3.05) is 7.11 Å². The molecule has 0 bridgehead atoms. The summed E-state index contributed by atoms with van der Waals surface area (Å²) >= 11 is 5.20. The largest absolute Gasteiger partial charge is 0.495 e. The third-order valence-corrected chi connectivity index (χ3v) is 1.39. The van der Waals surface area contributed by atoms with E-state index < -0.39 is 5.24 Å². The van der Waals surface area contributed by atoms with Gasteiger partial charge in [0.25, 0.3) is 5.24 Å². The van der Waals surface area contributed by atoms with Crippen LogP contribution in [0.2, 0.25) is 0 Å². The Labute approximate surface area is 69.0 Å². The molecule has 0 saturated carbocycles. The number of hydrogen-bond donors (Lipinski definition) is 0. The van der Waals surface area contributed by atoms with Crippen molar-refractivity contribution in [3.63, 3.8) is 0 Å². The van der Waals surface area contributed by atoms with Gasteiger partial charge in [-0.15, -0.1) is 0 Å². The first-order valence-electron chi connectivity index (χ1n) is 2.93. The minimum atomic E-state index is -0.531. The molecule has 1 heterocycles. The van der Waals surface area contributed by atoms with E-state index in [1.807, 2.05) is 0 Å². The van der Waals surface area contributed by atoms with Crippen molar-refractivity contribution in [3.05, 3.63) is 24.0 Å². The number of rotatable bonds is 2. The van der Waals surface area contributed by atoms with Crippen LogP contribution in [0.4, 0.5) is 0 Å². The van der Waals surface area contributed by atoms with Gasteiger partial charge in [0.15, 0.2) is 0 Å². The van der Waals surface area contributed by atoms with Crippen molar-refractivity contribution in [1.29, 1.82) is 0 Å². The second kappa shape index (κ2) is 3.34. The summed E-state index contributed by atoms with van der Waals surface area (Å²) < 4.78 is 4.83. The van der Waals surface area contributed by atoms with E-state index in [1.54, 1.807) is 0 Å². The van der Waals surface area contributed by atoms with Crippen LogP contribution in [-0.2, 0) is 0 Å². The van der Waals surface area contributed by atoms with E-state index in [2.05, 4.69) is 4.98 Å². The third-order valence-electron chi connectivity index (χ3n) is 1.18. The Morgan fingerprint density at radius 3 is 2.91 bits per heavy atom. The number of carbonyl (C=O) groups is 1. The molecule has 0 fully saturated rings. The Morgan fingerprint density at radius 1 is 1.64 bits per heavy atom. The van der Waals surface area contributed by atoms with Crippen LogP contribution in [0.25, 0.3) is 0 Å². The minimum Gasteiger partial charge on any atom is -0.495 e. The van der Waals surface area contributed by atoms with Gasteiger partial charge in [0.05, 0.1) is 18.9 Å². The quantitative estimate of drug-likeness (QED) is 0.633. The van der Waals surface area contributed by atoms with Gasteiger partial charge in [-0.2, -0.15) is 0 Å². The molecule has 0 atom stereocenters. The number of carbonyl (C=O) groups excluding carboxylic acids is 1. The Morgan fingerprint density at radius 2 is 2.36 bits per heavy atom. The van der Waals surface area contributed by atoms with E-state index in [0.29, 0.717) is 11.3 Å². The van der Waals surface area contributed by atoms with Crippen molar-refractivity contribution in [2.45, 2.75) is 0 Å². The molecule has 0 aliphatic heterocycles. The number of methoxy groups -OCH3 is 1. The molecule has 3 nitrogen and oxygen atoms in total. The molecule has 1 aromatic heterocycles. The number of nitrogens with zero attached hydrogens (tertiary/aromatic N) is 1. The highest BCUT2D eigenvalue weighted by Crippen LogP contribution is 2.11. The molecule has 1 rings (SSSR count). The summed E-state index contributed by atoms with van der Waals surface area (Å²) in [6.07, 6.45) is 2.89. The van der Waals surface area contributed by atoms with Crippen molar-refractivity contribution in [3.8, 4) is 5.75 Å². The highest BCUT2D eigenvalue weighted by molar-refractivity contribution is 6.67. The first kappa shape index (κ1) is 8.01. The van der Waals surface area contributed by atoms with Gasteiger partial charge in [-0.1, -0.05) is 0 Å². The molecule has 0 unspecified atom stereocenters. The lowest BCUT2D eigenvalue weighted by atomic mass is 10.3. The third kappa shape index (κ3) is 1.91. The second-order valence-corrected chi connectivity index (χ2v) is 2.23. The number of hydrogen-bond acceptors (Lipinski definition) is 3. The molecule has 0 amide bonds. The molecule has 0 radical (unpaired) electrons. The zero-order chi connectivity index (χ0) is 8.27. The van der Waals surface area contributed by atoms with Gasteiger partial charge >= 0.3 is 0 Å². The molecular weight excluding hydrogens is 166 g/mol. The smallest absolute Gasteiger partial charge is 0.254 e. The van der Waals surface area contributed by atoms with E-state index in [1.165, 1.54) is 25.6 Å². The lowest BCUT2D eigenvalue weighted by molar-refractivity contribution is 0.108. The van der Waals surface area contributed by atoms with Crippen LogP contribution >= 0.6 is 11.6 Å². The summed E-state index contributed by atoms with van der Waals surface area (Å²) in [6.45, 7) is 0. The fraction of sp³-hybridized carbons (Fsp3) is 0.143. The average Bonchev–Trinajstić information content (AvgIpc) is 2.05. The van der Waals surface area contributed by atoms with E-state index in [4.69, 9.17) is 16.3 Å². The standard InChI is InChI=1S/C7H6ClNO2/c1-11-6-2-5(7(8)10)3-9-4-6/h2-4H,1H3. The van der Waals surface area contributed by atoms with Crippen LogP contribution in [0.3, 0.4) is 0 Å². The maximum Gasteiger partial charge on any atom is 0.254 e. The maximum atomic E-state index is 10.6. The predicted molar refractivity (Wildman–Crippen MR) is 41.0 cm³/mol. The van der Waals surface area contributed by atoms with Crippen molar-refractivity contribution in [2.24, 2.45) is 0 Å². The summed E-state index contributed by atoms with van der Waals surface area (Å²) in [5.74, 6) is 0.525. The number of aromatic nitrogens is 1. The second-order valence-electron chi connectivity index (χ2n) is 1.89. The van der Waals surface area contributed by atoms with Crippen LogP contribution in [0.1, 0.15) is 10.4 Å². The fourth-order valence-corrected chi connectivity index (χ4v) is 0.741. The summed E-state index contributed by atoms with van der Waals surface area (Å²) in [6, 6.07) is 1.53. The lowest BCUT2D eigenvalue weighted by Gasteiger charge is -1.98. The van der Waals surface area contributed by atoms with E-state index in [-0.39, 0.29) is 0 Å². The topological polar surface area (TPSA) is 39.2 Å². The van der Waals surface area contributed by atoms with Crippen LogP contribution in [0, 0.1) is 0 Å². The van der Waals surface area contributed by atoms with Gasteiger partial charge in [-0.3, -0.25) is 9.78 Å². The van der Waals surface area contributed by atoms with Crippen molar-refractivity contribution >= 4 is 16.8 Å². The van der Waals surface area contributed by atoms with Crippen LogP contribution in [0.15, 0.2) is 18.5 Å². The number of halogens is 1. The molecule has 4 heteroatoms. The average molecular weight is 172 g/mol. The van der Waals surface area contributed by atoms with E-state index in [9.17, 15) is 4.79 Å². The van der Waals surface area contributed by atoms with Gasteiger partial charge in [0, 0.05) is 6.20 Å². The SMILES string of the molecule is COc1cncc(C(=O)Cl)c1. The maximum absolute atomic E-state index is 10.6. The molecule has 0 N–H and O–H groups in total. The number of ether oxygens (including phenoxy) is 1. The van der Waals surface area contributed by atoms with Crippen LogP contribution < -0.4 is 4.74 Å². The van der Waals surface area contributed by atoms with Gasteiger partial charge in [0.2, 0.25) is 0 Å². The first-order chi connectivity index (χ1) is 5.24. The van der Waals surface area contributed by atoms with Gasteiger partial charge in [-0.25, -0.2) is 0 Å². The molecule has 58 valence electrons. The van der Waals surface area contributed by atoms with Gasteiger partial charge in [0.1, 0.15) is 5.75 Å². The number of pyridine rings is 1. The van der Waals surface area contributed by atoms with Crippen LogP contribution in [0.5, 0.6) is 5.75 Å². The lowest BCUT2D eigenvalue weighted by Crippen LogP contribution is -1.91. The normalized spacial score (nSPS) is 9.27. The molecule has 0 aliphatic carbocycles. The van der Waals surface area contributed by atoms with Crippen molar-refractivity contribution in [1.82, 2.24) is 4.98 Å². The molecule has 0 spiro atoms. The Bertz CT molecular complexity index is 275. The summed E-state index contributed by atoms with van der Waals surface area (Å²) in [7, 11) is 1.50. The summed E-state index contributed by atoms with van der Waals surface area (Å²) in [5.41, 5.74) is 0.339. The Kier molecular flexibility index (Phi) is 2.44. The van der Waals surface area contributed by atoms with Gasteiger partial charge in [-0.05, 0) is 17.7 Å². The molecule has 1 aromatic rings. The fourth-order valence-electron chi connectivity index (χ4n) is 0.638. The summed E-state index contributed by atoms with van der Waals surface area (Å²) in [4.78, 5) is 14.3. The summed E-state index contributed by atoms with van der Waals surface area (Å²) in [5, 5.41) is -0.531. The van der Waals surface area contributed by atoms with Crippen molar-refractivity contribution < 1.29 is 9.53 Å². The molecular formula is C7H6ClNO2. The molecule has 11 heavy (non-hydrogen) atoms. The zero-order valence-electron chi connectivity index (χ0n) is 5.87. The highest BCUT2D eigenvalue weighted by atomic mass is 35.5. The monoisotopic (exact) mass is 171 g/mol. The predicted octanol–water partition coefficient (Wildman–Crippen LogP) is 1.47.